The van der Waals surface area contributed by atoms with E-state index in [0.717, 1.165) is 6.54 Å². The molecule has 0 unspecified atom stereocenters. The predicted molar refractivity (Wildman–Crippen MR) is 114 cm³/mol. The summed E-state index contributed by atoms with van der Waals surface area (Å²) < 4.78 is 0. The van der Waals surface area contributed by atoms with E-state index in [0.29, 0.717) is 0 Å². The molecule has 0 saturated heterocycles. The van der Waals surface area contributed by atoms with Crippen molar-refractivity contribution in [2.75, 3.05) is 19.6 Å². The minimum absolute atomic E-state index is 0.930. The number of hydrogen-bond donors (Lipinski definition) is 0. The maximum atomic E-state index is 3.39. The molecule has 1 heterocycles. The molecule has 0 aliphatic heterocycles. The van der Waals surface area contributed by atoms with Crippen LogP contribution < -0.4 is 0 Å². The normalized spacial score (nSPS) is 10.8. The van der Waals surface area contributed by atoms with Gasteiger partial charge in [-0.15, -0.1) is 0 Å². The number of hydrogen-bond acceptors (Lipinski definition) is 2. The fraction of sp³-hybridized carbons (Fsp3) is 0.739. The van der Waals surface area contributed by atoms with Crippen LogP contribution in [0.3, 0.4) is 0 Å². The SMILES string of the molecule is CCCCCCCCN(CC#Cc1ccsc1)CCCCCCCC. The molecule has 0 atom stereocenters. The quantitative estimate of drug-likeness (QED) is 0.237. The van der Waals surface area contributed by atoms with Crippen LogP contribution in [0.25, 0.3) is 0 Å². The second-order valence-corrected chi connectivity index (χ2v) is 7.91. The Hall–Kier alpha value is -0.780. The van der Waals surface area contributed by atoms with Crippen molar-refractivity contribution >= 4 is 11.3 Å². The Balaban J connectivity index is 2.25. The third-order valence-electron chi connectivity index (χ3n) is 4.71. The maximum absolute atomic E-state index is 3.39. The Morgan fingerprint density at radius 1 is 0.800 bits per heavy atom. The van der Waals surface area contributed by atoms with Crippen molar-refractivity contribution in [3.8, 4) is 11.8 Å². The van der Waals surface area contributed by atoms with Gasteiger partial charge in [0.1, 0.15) is 0 Å². The lowest BCUT2D eigenvalue weighted by Gasteiger charge is -2.19. The Morgan fingerprint density at radius 2 is 1.36 bits per heavy atom. The van der Waals surface area contributed by atoms with E-state index < -0.39 is 0 Å². The van der Waals surface area contributed by atoms with Crippen LogP contribution in [-0.4, -0.2) is 24.5 Å². The van der Waals surface area contributed by atoms with E-state index in [1.807, 2.05) is 0 Å². The second-order valence-electron chi connectivity index (χ2n) is 7.13. The van der Waals surface area contributed by atoms with Gasteiger partial charge in [0.25, 0.3) is 0 Å². The lowest BCUT2D eigenvalue weighted by molar-refractivity contribution is 0.290. The summed E-state index contributed by atoms with van der Waals surface area (Å²) in [4.78, 5) is 2.58. The van der Waals surface area contributed by atoms with Crippen LogP contribution in [0, 0.1) is 11.8 Å². The highest BCUT2D eigenvalue weighted by atomic mass is 32.1. The molecular weight excluding hydrogens is 322 g/mol. The first-order valence-electron chi connectivity index (χ1n) is 10.6. The minimum atomic E-state index is 0.930. The zero-order valence-corrected chi connectivity index (χ0v) is 17.5. The predicted octanol–water partition coefficient (Wildman–Crippen LogP) is 7.12. The second kappa shape index (κ2) is 16.7. The highest BCUT2D eigenvalue weighted by molar-refractivity contribution is 7.08. The topological polar surface area (TPSA) is 3.24 Å². The van der Waals surface area contributed by atoms with Gasteiger partial charge in [0.05, 0.1) is 6.54 Å². The van der Waals surface area contributed by atoms with Gasteiger partial charge in [-0.25, -0.2) is 0 Å². The first-order valence-corrected chi connectivity index (χ1v) is 11.5. The summed E-state index contributed by atoms with van der Waals surface area (Å²) in [6, 6.07) is 2.11. The molecule has 0 radical (unpaired) electrons. The average molecular weight is 362 g/mol. The lowest BCUT2D eigenvalue weighted by atomic mass is 10.1. The molecular formula is C23H39NS. The van der Waals surface area contributed by atoms with Crippen LogP contribution in [0.5, 0.6) is 0 Å². The van der Waals surface area contributed by atoms with E-state index in [4.69, 9.17) is 0 Å². The van der Waals surface area contributed by atoms with Crippen LogP contribution >= 0.6 is 11.3 Å². The molecule has 25 heavy (non-hydrogen) atoms. The average Bonchev–Trinajstić information content (AvgIpc) is 3.13. The van der Waals surface area contributed by atoms with Crippen LogP contribution in [0.15, 0.2) is 16.8 Å². The Morgan fingerprint density at radius 3 is 1.88 bits per heavy atom. The highest BCUT2D eigenvalue weighted by Crippen LogP contribution is 2.09. The Kier molecular flexibility index (Phi) is 14.8. The van der Waals surface area contributed by atoms with Crippen molar-refractivity contribution in [3.63, 3.8) is 0 Å². The smallest absolute Gasteiger partial charge is 0.0605 e. The van der Waals surface area contributed by atoms with E-state index in [1.165, 1.54) is 95.7 Å². The summed E-state index contributed by atoms with van der Waals surface area (Å²) in [6.07, 6.45) is 16.5. The first kappa shape index (κ1) is 22.3. The van der Waals surface area contributed by atoms with Crippen molar-refractivity contribution < 1.29 is 0 Å². The molecule has 1 rings (SSSR count). The van der Waals surface area contributed by atoms with Crippen LogP contribution in [0.2, 0.25) is 0 Å². The fourth-order valence-corrected chi connectivity index (χ4v) is 3.68. The van der Waals surface area contributed by atoms with Crippen molar-refractivity contribution in [2.24, 2.45) is 0 Å². The minimum Gasteiger partial charge on any atom is -0.292 e. The molecule has 0 aliphatic rings. The third-order valence-corrected chi connectivity index (χ3v) is 5.40. The molecule has 0 amide bonds. The zero-order chi connectivity index (χ0) is 18.0. The van der Waals surface area contributed by atoms with Crippen molar-refractivity contribution in [2.45, 2.75) is 90.9 Å². The van der Waals surface area contributed by atoms with E-state index in [2.05, 4.69) is 47.4 Å². The molecule has 1 aromatic heterocycles. The molecule has 0 fully saturated rings. The summed E-state index contributed by atoms with van der Waals surface area (Å²) >= 11 is 1.73. The molecule has 0 N–H and O–H groups in total. The van der Waals surface area contributed by atoms with Gasteiger partial charge in [0.15, 0.2) is 0 Å². The summed E-state index contributed by atoms with van der Waals surface area (Å²) in [5.41, 5.74) is 1.17. The molecule has 0 spiro atoms. The molecule has 1 nitrogen and oxygen atoms in total. The molecule has 0 bridgehead atoms. The molecule has 1 aromatic rings. The van der Waals surface area contributed by atoms with Gasteiger partial charge < -0.3 is 0 Å². The van der Waals surface area contributed by atoms with Gasteiger partial charge >= 0.3 is 0 Å². The van der Waals surface area contributed by atoms with Gasteiger partial charge in [0, 0.05) is 10.9 Å². The van der Waals surface area contributed by atoms with Crippen molar-refractivity contribution in [1.29, 1.82) is 0 Å². The number of nitrogens with zero attached hydrogens (tertiary/aromatic N) is 1. The Bertz CT molecular complexity index is 424. The van der Waals surface area contributed by atoms with Gasteiger partial charge in [-0.05, 0) is 37.4 Å². The van der Waals surface area contributed by atoms with Crippen molar-refractivity contribution in [1.82, 2.24) is 4.90 Å². The summed E-state index contributed by atoms with van der Waals surface area (Å²) in [5.74, 6) is 6.70. The van der Waals surface area contributed by atoms with Crippen LogP contribution in [0.1, 0.15) is 96.5 Å². The first-order chi connectivity index (χ1) is 12.4. The fourth-order valence-electron chi connectivity index (χ4n) is 3.09. The number of unbranched alkanes of at least 4 members (excludes halogenated alkanes) is 10. The maximum Gasteiger partial charge on any atom is 0.0605 e. The molecule has 0 aromatic carbocycles. The van der Waals surface area contributed by atoms with Gasteiger partial charge in [-0.2, -0.15) is 11.3 Å². The standard InChI is InChI=1S/C23H39NS/c1-3-5-7-9-11-13-18-24(19-14-12-10-8-6-4-2)20-15-16-23-17-21-25-22-23/h17,21-22H,3-14,18-20H2,1-2H3. The Labute approximate surface area is 161 Å². The molecule has 0 aliphatic carbocycles. The summed E-state index contributed by atoms with van der Waals surface area (Å²) in [5, 5.41) is 4.24. The van der Waals surface area contributed by atoms with E-state index in [1.54, 1.807) is 11.3 Å². The summed E-state index contributed by atoms with van der Waals surface area (Å²) in [7, 11) is 0. The number of rotatable bonds is 15. The van der Waals surface area contributed by atoms with E-state index in [9.17, 15) is 0 Å². The third kappa shape index (κ3) is 13.1. The van der Waals surface area contributed by atoms with E-state index >= 15 is 0 Å². The van der Waals surface area contributed by atoms with Gasteiger partial charge in [-0.1, -0.05) is 89.9 Å². The monoisotopic (exact) mass is 361 g/mol. The molecule has 0 saturated carbocycles. The van der Waals surface area contributed by atoms with Crippen molar-refractivity contribution in [3.05, 3.63) is 22.4 Å². The van der Waals surface area contributed by atoms with E-state index in [-0.39, 0.29) is 0 Å². The molecule has 2 heteroatoms. The van der Waals surface area contributed by atoms with Gasteiger partial charge in [0.2, 0.25) is 0 Å². The highest BCUT2D eigenvalue weighted by Gasteiger charge is 2.03. The zero-order valence-electron chi connectivity index (χ0n) is 16.7. The molecule has 142 valence electrons. The summed E-state index contributed by atoms with van der Waals surface area (Å²) in [6.45, 7) is 7.95. The lowest BCUT2D eigenvalue weighted by Crippen LogP contribution is -2.26. The van der Waals surface area contributed by atoms with Gasteiger partial charge in [-0.3, -0.25) is 4.90 Å². The largest absolute Gasteiger partial charge is 0.292 e. The number of thiophene rings is 1. The van der Waals surface area contributed by atoms with Crippen LogP contribution in [0.4, 0.5) is 0 Å². The van der Waals surface area contributed by atoms with Crippen LogP contribution in [-0.2, 0) is 0 Å².